The molecule has 0 saturated heterocycles. The van der Waals surface area contributed by atoms with Gasteiger partial charge in [-0.2, -0.15) is 0 Å². The van der Waals surface area contributed by atoms with E-state index in [-0.39, 0.29) is 0 Å². The third kappa shape index (κ3) is 4.13. The molecule has 4 nitrogen and oxygen atoms in total. The second kappa shape index (κ2) is 8.27. The van der Waals surface area contributed by atoms with E-state index in [4.69, 9.17) is 0 Å². The molecule has 1 aliphatic heterocycles. The number of benzene rings is 1. The Bertz CT molecular complexity index is 420. The first-order valence-electron chi connectivity index (χ1n) is 7.90. The molecule has 0 aromatic heterocycles. The van der Waals surface area contributed by atoms with Gasteiger partial charge in [0.2, 0.25) is 0 Å². The number of nitrogens with zero attached hydrogens (tertiary/aromatic N) is 1. The highest BCUT2D eigenvalue weighted by molar-refractivity contribution is 5.48. The van der Waals surface area contributed by atoms with Gasteiger partial charge >= 0.3 is 0 Å². The Kier molecular flexibility index (Phi) is 6.36. The molecule has 2 atom stereocenters. The fraction of sp³-hybridized carbons (Fsp3) is 0.588. The van der Waals surface area contributed by atoms with E-state index in [0.717, 1.165) is 55.9 Å². The van der Waals surface area contributed by atoms with E-state index in [9.17, 15) is 15.0 Å². The van der Waals surface area contributed by atoms with Crippen LogP contribution in [0.4, 0.5) is 0 Å². The Hall–Kier alpha value is -1.23. The van der Waals surface area contributed by atoms with Crippen molar-refractivity contribution < 1.29 is 15.0 Å². The lowest BCUT2D eigenvalue weighted by atomic mass is 10.1. The Balaban J connectivity index is 1.67. The zero-order valence-corrected chi connectivity index (χ0v) is 12.4. The molecule has 0 radical (unpaired) electrons. The maximum atomic E-state index is 10.2. The smallest absolute Gasteiger partial charge is 0.136 e. The van der Waals surface area contributed by atoms with Crippen LogP contribution in [0, 0.1) is 0 Å². The summed E-state index contributed by atoms with van der Waals surface area (Å²) in [6, 6.07) is 7.52. The quantitative estimate of drug-likeness (QED) is 0.542. The summed E-state index contributed by atoms with van der Waals surface area (Å²) >= 11 is 0. The number of unbranched alkanes of at least 4 members (excludes halogenated alkanes) is 6. The van der Waals surface area contributed by atoms with Crippen molar-refractivity contribution in [2.24, 2.45) is 0 Å². The Morgan fingerprint density at radius 3 is 2.00 bits per heavy atom. The van der Waals surface area contributed by atoms with Crippen LogP contribution in [-0.2, 0) is 4.79 Å². The van der Waals surface area contributed by atoms with E-state index in [1.165, 1.54) is 0 Å². The Morgan fingerprint density at radius 2 is 1.43 bits per heavy atom. The predicted molar refractivity (Wildman–Crippen MR) is 81.5 cm³/mol. The van der Waals surface area contributed by atoms with Crippen molar-refractivity contribution in [1.82, 2.24) is 4.90 Å². The van der Waals surface area contributed by atoms with Crippen molar-refractivity contribution >= 4 is 6.29 Å². The summed E-state index contributed by atoms with van der Waals surface area (Å²) in [6.45, 7) is 0.700. The number of hydrogen-bond donors (Lipinski definition) is 2. The average Bonchev–Trinajstić information content (AvgIpc) is 2.75. The van der Waals surface area contributed by atoms with Crippen molar-refractivity contribution in [2.45, 2.75) is 57.4 Å². The molecule has 1 aromatic carbocycles. The number of aliphatic hydroxyl groups is 2. The Labute approximate surface area is 126 Å². The molecule has 2 N–H and O–H groups in total. The molecule has 2 unspecified atom stereocenters. The van der Waals surface area contributed by atoms with Crippen molar-refractivity contribution in [2.75, 3.05) is 6.54 Å². The number of fused-ring (bicyclic) bond motifs is 1. The number of aldehydes is 1. The maximum Gasteiger partial charge on any atom is 0.136 e. The van der Waals surface area contributed by atoms with Crippen LogP contribution in [0.15, 0.2) is 24.3 Å². The van der Waals surface area contributed by atoms with Crippen LogP contribution >= 0.6 is 0 Å². The van der Waals surface area contributed by atoms with E-state index in [1.54, 1.807) is 4.90 Å². The molecule has 1 aliphatic rings. The molecule has 0 amide bonds. The number of aliphatic hydroxyl groups excluding tert-OH is 2. The number of hydrogen-bond acceptors (Lipinski definition) is 4. The average molecular weight is 291 g/mol. The first-order chi connectivity index (χ1) is 10.3. The molecule has 1 heterocycles. The summed E-state index contributed by atoms with van der Waals surface area (Å²) in [6.07, 6.45) is 6.72. The highest BCUT2D eigenvalue weighted by Crippen LogP contribution is 2.38. The van der Waals surface area contributed by atoms with Crippen molar-refractivity contribution in [1.29, 1.82) is 0 Å². The molecular formula is C17H25NO3. The number of carbonyl (C=O) groups excluding carboxylic acids is 1. The van der Waals surface area contributed by atoms with Crippen LogP contribution in [0.5, 0.6) is 0 Å². The minimum Gasteiger partial charge on any atom is -0.374 e. The minimum atomic E-state index is -0.691. The molecule has 0 fully saturated rings. The fourth-order valence-corrected chi connectivity index (χ4v) is 2.95. The van der Waals surface area contributed by atoms with E-state index in [1.807, 2.05) is 24.3 Å². The van der Waals surface area contributed by atoms with Crippen LogP contribution in [0.1, 0.15) is 68.5 Å². The van der Waals surface area contributed by atoms with Gasteiger partial charge < -0.3 is 15.0 Å². The lowest BCUT2D eigenvalue weighted by Crippen LogP contribution is -2.27. The Morgan fingerprint density at radius 1 is 0.905 bits per heavy atom. The van der Waals surface area contributed by atoms with Gasteiger partial charge in [0.05, 0.1) is 0 Å². The molecule has 0 aliphatic carbocycles. The standard InChI is InChI=1S/C17H25NO3/c19-13-9-5-3-1-2-4-8-12-18-16(20)14-10-6-7-11-15(14)17(18)21/h6-7,10-11,13,16-17,20-21H,1-5,8-9,12H2. The van der Waals surface area contributed by atoms with Gasteiger partial charge in [-0.25, -0.2) is 4.90 Å². The molecular weight excluding hydrogens is 266 g/mol. The SMILES string of the molecule is O=CCCCCCCCCN1C(O)c2ccccc2C1O. The molecule has 4 heteroatoms. The van der Waals surface area contributed by atoms with E-state index in [0.29, 0.717) is 13.0 Å². The molecule has 0 bridgehead atoms. The normalized spacial score (nSPS) is 21.4. The summed E-state index contributed by atoms with van der Waals surface area (Å²) in [5.41, 5.74) is 1.64. The largest absolute Gasteiger partial charge is 0.374 e. The molecule has 1 aromatic rings. The van der Waals surface area contributed by atoms with Crippen molar-refractivity contribution in [3.8, 4) is 0 Å². The summed E-state index contributed by atoms with van der Waals surface area (Å²) < 4.78 is 0. The van der Waals surface area contributed by atoms with Crippen molar-refractivity contribution in [3.63, 3.8) is 0 Å². The van der Waals surface area contributed by atoms with Gasteiger partial charge in [-0.05, 0) is 12.8 Å². The first-order valence-corrected chi connectivity index (χ1v) is 7.90. The van der Waals surface area contributed by atoms with Gasteiger partial charge in [0.25, 0.3) is 0 Å². The number of rotatable bonds is 9. The maximum absolute atomic E-state index is 10.2. The first kappa shape index (κ1) is 16.1. The fourth-order valence-electron chi connectivity index (χ4n) is 2.95. The van der Waals surface area contributed by atoms with Crippen LogP contribution < -0.4 is 0 Å². The number of carbonyl (C=O) groups is 1. The summed E-state index contributed by atoms with van der Waals surface area (Å²) in [5, 5.41) is 20.5. The zero-order valence-electron chi connectivity index (χ0n) is 12.4. The van der Waals surface area contributed by atoms with Crippen LogP contribution in [-0.4, -0.2) is 27.9 Å². The third-order valence-electron chi connectivity index (χ3n) is 4.17. The minimum absolute atomic E-state index is 0.671. The second-order valence-electron chi connectivity index (χ2n) is 5.69. The van der Waals surface area contributed by atoms with Gasteiger partial charge in [0.15, 0.2) is 0 Å². The topological polar surface area (TPSA) is 60.8 Å². The van der Waals surface area contributed by atoms with Gasteiger partial charge in [-0.15, -0.1) is 0 Å². The lowest BCUT2D eigenvalue weighted by molar-refractivity contribution is -0.107. The molecule has 0 spiro atoms. The van der Waals surface area contributed by atoms with E-state index >= 15 is 0 Å². The van der Waals surface area contributed by atoms with Crippen LogP contribution in [0.3, 0.4) is 0 Å². The second-order valence-corrected chi connectivity index (χ2v) is 5.69. The van der Waals surface area contributed by atoms with E-state index in [2.05, 4.69) is 0 Å². The predicted octanol–water partition coefficient (Wildman–Crippen LogP) is 2.91. The van der Waals surface area contributed by atoms with Gasteiger partial charge in [0.1, 0.15) is 18.7 Å². The molecule has 116 valence electrons. The van der Waals surface area contributed by atoms with Gasteiger partial charge in [-0.3, -0.25) is 0 Å². The summed E-state index contributed by atoms with van der Waals surface area (Å²) in [7, 11) is 0. The molecule has 21 heavy (non-hydrogen) atoms. The zero-order chi connectivity index (χ0) is 15.1. The van der Waals surface area contributed by atoms with Crippen molar-refractivity contribution in [3.05, 3.63) is 35.4 Å². The molecule has 2 rings (SSSR count). The summed E-state index contributed by atoms with van der Waals surface area (Å²) in [4.78, 5) is 11.9. The van der Waals surface area contributed by atoms with E-state index < -0.39 is 12.5 Å². The highest BCUT2D eigenvalue weighted by atomic mass is 16.3. The monoisotopic (exact) mass is 291 g/mol. The van der Waals surface area contributed by atoms with Crippen LogP contribution in [0.25, 0.3) is 0 Å². The molecule has 0 saturated carbocycles. The van der Waals surface area contributed by atoms with Crippen LogP contribution in [0.2, 0.25) is 0 Å². The lowest BCUT2D eigenvalue weighted by Gasteiger charge is -2.24. The summed E-state index contributed by atoms with van der Waals surface area (Å²) in [5.74, 6) is 0. The third-order valence-corrected chi connectivity index (χ3v) is 4.17. The van der Waals surface area contributed by atoms with Gasteiger partial charge in [0, 0.05) is 24.1 Å². The van der Waals surface area contributed by atoms with Gasteiger partial charge in [-0.1, -0.05) is 49.9 Å². The highest BCUT2D eigenvalue weighted by Gasteiger charge is 2.35.